The van der Waals surface area contributed by atoms with Crippen molar-refractivity contribution >= 4 is 40.7 Å². The van der Waals surface area contributed by atoms with Gasteiger partial charge >= 0.3 is 0 Å². The Morgan fingerprint density at radius 2 is 1.70 bits per heavy atom. The van der Waals surface area contributed by atoms with Crippen molar-refractivity contribution < 1.29 is 9.59 Å². The van der Waals surface area contributed by atoms with Crippen LogP contribution in [0.25, 0.3) is 5.69 Å². The summed E-state index contributed by atoms with van der Waals surface area (Å²) in [4.78, 5) is 26.5. The van der Waals surface area contributed by atoms with Crippen LogP contribution in [0.5, 0.6) is 0 Å². The molecule has 2 aromatic carbocycles. The van der Waals surface area contributed by atoms with Gasteiger partial charge in [0.2, 0.25) is 0 Å². The first-order valence-corrected chi connectivity index (χ1v) is 10.1. The Bertz CT molecular complexity index is 1090. The molecular formula is C22H22Cl2N4O2. The quantitative estimate of drug-likeness (QED) is 0.583. The third-order valence-corrected chi connectivity index (χ3v) is 5.10. The van der Waals surface area contributed by atoms with Gasteiger partial charge in [0, 0.05) is 24.8 Å². The number of halogens is 2. The number of carbonyl (C=O) groups excluding carboxylic acids is 2. The first-order valence-electron chi connectivity index (χ1n) is 9.35. The van der Waals surface area contributed by atoms with Crippen LogP contribution in [0.1, 0.15) is 46.2 Å². The van der Waals surface area contributed by atoms with E-state index in [4.69, 9.17) is 23.2 Å². The molecule has 3 aromatic rings. The summed E-state index contributed by atoms with van der Waals surface area (Å²) in [6.07, 6.45) is 1.55. The fraction of sp³-hybridized carbons (Fsp3) is 0.227. The zero-order valence-electron chi connectivity index (χ0n) is 17.1. The second-order valence-corrected chi connectivity index (χ2v) is 8.18. The lowest BCUT2D eigenvalue weighted by Crippen LogP contribution is -2.22. The molecule has 0 radical (unpaired) electrons. The van der Waals surface area contributed by atoms with Crippen molar-refractivity contribution in [2.75, 3.05) is 19.4 Å². The van der Waals surface area contributed by atoms with E-state index < -0.39 is 0 Å². The Balaban J connectivity index is 1.90. The molecule has 0 atom stereocenters. The van der Waals surface area contributed by atoms with Crippen LogP contribution in [0, 0.1) is 0 Å². The Morgan fingerprint density at radius 1 is 1.03 bits per heavy atom. The summed E-state index contributed by atoms with van der Waals surface area (Å²) < 4.78 is 1.74. The SMILES string of the molecule is CC(C)c1c(C(=O)Nc2ccc(C(=O)N(C)C)c(Cl)c2)cnn1-c1ccc(Cl)cc1. The zero-order valence-corrected chi connectivity index (χ0v) is 18.6. The van der Waals surface area contributed by atoms with Crippen LogP contribution >= 0.6 is 23.2 Å². The molecule has 0 saturated heterocycles. The monoisotopic (exact) mass is 444 g/mol. The number of benzene rings is 2. The highest BCUT2D eigenvalue weighted by molar-refractivity contribution is 6.34. The summed E-state index contributed by atoms with van der Waals surface area (Å²) in [5.74, 6) is -0.460. The molecule has 30 heavy (non-hydrogen) atoms. The largest absolute Gasteiger partial charge is 0.345 e. The van der Waals surface area contributed by atoms with Gasteiger partial charge in [0.05, 0.1) is 33.7 Å². The van der Waals surface area contributed by atoms with Gasteiger partial charge in [-0.25, -0.2) is 4.68 Å². The highest BCUT2D eigenvalue weighted by Gasteiger charge is 2.21. The van der Waals surface area contributed by atoms with E-state index in [1.807, 2.05) is 26.0 Å². The summed E-state index contributed by atoms with van der Waals surface area (Å²) >= 11 is 12.2. The van der Waals surface area contributed by atoms with Gasteiger partial charge in [0.25, 0.3) is 11.8 Å². The number of hydrogen-bond donors (Lipinski definition) is 1. The van der Waals surface area contributed by atoms with Gasteiger partial charge in [-0.1, -0.05) is 37.0 Å². The predicted molar refractivity (Wildman–Crippen MR) is 120 cm³/mol. The molecule has 0 bridgehead atoms. The van der Waals surface area contributed by atoms with Crippen molar-refractivity contribution in [3.8, 4) is 5.69 Å². The van der Waals surface area contributed by atoms with Crippen LogP contribution in [0.4, 0.5) is 5.69 Å². The molecule has 0 unspecified atom stereocenters. The molecular weight excluding hydrogens is 423 g/mol. The Morgan fingerprint density at radius 3 is 2.27 bits per heavy atom. The van der Waals surface area contributed by atoms with Gasteiger partial charge in [-0.15, -0.1) is 0 Å². The molecule has 0 spiro atoms. The Hall–Kier alpha value is -2.83. The van der Waals surface area contributed by atoms with Gasteiger partial charge in [-0.3, -0.25) is 9.59 Å². The summed E-state index contributed by atoms with van der Waals surface area (Å²) in [6.45, 7) is 4.00. The van der Waals surface area contributed by atoms with Crippen molar-refractivity contribution in [1.82, 2.24) is 14.7 Å². The van der Waals surface area contributed by atoms with E-state index in [2.05, 4.69) is 10.4 Å². The van der Waals surface area contributed by atoms with Crippen LogP contribution in [-0.4, -0.2) is 40.6 Å². The molecule has 1 aromatic heterocycles. The lowest BCUT2D eigenvalue weighted by Gasteiger charge is -2.14. The average Bonchev–Trinajstić information content (AvgIpc) is 3.13. The van der Waals surface area contributed by atoms with Crippen molar-refractivity contribution in [2.45, 2.75) is 19.8 Å². The Kier molecular flexibility index (Phi) is 6.48. The van der Waals surface area contributed by atoms with E-state index in [0.29, 0.717) is 21.8 Å². The average molecular weight is 445 g/mol. The maximum atomic E-state index is 13.0. The molecule has 0 aliphatic carbocycles. The van der Waals surface area contributed by atoms with Crippen molar-refractivity contribution in [2.24, 2.45) is 0 Å². The lowest BCUT2D eigenvalue weighted by atomic mass is 10.0. The smallest absolute Gasteiger partial charge is 0.259 e. The Labute approximate surface area is 185 Å². The number of anilines is 1. The number of carbonyl (C=O) groups is 2. The minimum atomic E-state index is -0.304. The molecule has 8 heteroatoms. The normalized spacial score (nSPS) is 10.9. The maximum absolute atomic E-state index is 13.0. The zero-order chi connectivity index (χ0) is 22.0. The summed E-state index contributed by atoms with van der Waals surface area (Å²) in [7, 11) is 3.31. The fourth-order valence-electron chi connectivity index (χ4n) is 3.08. The first-order chi connectivity index (χ1) is 14.2. The molecule has 0 aliphatic rings. The van der Waals surface area contributed by atoms with E-state index in [9.17, 15) is 9.59 Å². The maximum Gasteiger partial charge on any atom is 0.259 e. The minimum Gasteiger partial charge on any atom is -0.345 e. The van der Waals surface area contributed by atoms with Gasteiger partial charge < -0.3 is 10.2 Å². The standard InChI is InChI=1S/C22H22Cl2N4O2/c1-13(2)20-18(12-25-28(20)16-8-5-14(23)6-9-16)21(29)26-15-7-10-17(19(24)11-15)22(30)27(3)4/h5-13H,1-4H3,(H,26,29). The number of nitrogens with zero attached hydrogens (tertiary/aromatic N) is 3. The second kappa shape index (κ2) is 8.90. The van der Waals surface area contributed by atoms with Crippen molar-refractivity contribution in [3.63, 3.8) is 0 Å². The number of amides is 2. The molecule has 6 nitrogen and oxygen atoms in total. The first kappa shape index (κ1) is 21.9. The van der Waals surface area contributed by atoms with Crippen molar-refractivity contribution in [3.05, 3.63) is 75.5 Å². The van der Waals surface area contributed by atoms with Gasteiger partial charge in [-0.05, 0) is 48.4 Å². The van der Waals surface area contributed by atoms with Crippen molar-refractivity contribution in [1.29, 1.82) is 0 Å². The molecule has 2 amide bonds. The molecule has 0 saturated carbocycles. The van der Waals surface area contributed by atoms with Crippen LogP contribution in [0.2, 0.25) is 10.0 Å². The third-order valence-electron chi connectivity index (χ3n) is 4.53. The van der Waals surface area contributed by atoms with Crippen LogP contribution < -0.4 is 5.32 Å². The van der Waals surface area contributed by atoms with E-state index in [-0.39, 0.29) is 22.8 Å². The van der Waals surface area contributed by atoms with Crippen LogP contribution in [-0.2, 0) is 0 Å². The number of aromatic nitrogens is 2. The fourth-order valence-corrected chi connectivity index (χ4v) is 3.47. The summed E-state index contributed by atoms with van der Waals surface area (Å²) in [5, 5.41) is 8.15. The van der Waals surface area contributed by atoms with E-state index in [0.717, 1.165) is 11.4 Å². The number of nitrogens with one attached hydrogen (secondary N) is 1. The number of rotatable bonds is 5. The molecule has 3 rings (SSSR count). The second-order valence-electron chi connectivity index (χ2n) is 7.33. The topological polar surface area (TPSA) is 67.2 Å². The molecule has 1 heterocycles. The van der Waals surface area contributed by atoms with Gasteiger partial charge in [0.1, 0.15) is 0 Å². The summed E-state index contributed by atoms with van der Waals surface area (Å²) in [5.41, 5.74) is 2.92. The third kappa shape index (κ3) is 4.50. The van der Waals surface area contributed by atoms with E-state index >= 15 is 0 Å². The predicted octanol–water partition coefficient (Wildman–Crippen LogP) is 5.26. The van der Waals surface area contributed by atoms with Gasteiger partial charge in [-0.2, -0.15) is 5.10 Å². The molecule has 156 valence electrons. The summed E-state index contributed by atoms with van der Waals surface area (Å²) in [6, 6.07) is 12.1. The molecule has 0 aliphatic heterocycles. The van der Waals surface area contributed by atoms with Gasteiger partial charge in [0.15, 0.2) is 0 Å². The van der Waals surface area contributed by atoms with Crippen LogP contribution in [0.15, 0.2) is 48.7 Å². The molecule has 0 fully saturated rings. The minimum absolute atomic E-state index is 0.0487. The van der Waals surface area contributed by atoms with E-state index in [1.54, 1.807) is 55.3 Å². The number of hydrogen-bond acceptors (Lipinski definition) is 3. The van der Waals surface area contributed by atoms with E-state index in [1.165, 1.54) is 4.90 Å². The molecule has 1 N–H and O–H groups in total. The van der Waals surface area contributed by atoms with Crippen LogP contribution in [0.3, 0.4) is 0 Å². The highest BCUT2D eigenvalue weighted by atomic mass is 35.5. The highest BCUT2D eigenvalue weighted by Crippen LogP contribution is 2.26. The lowest BCUT2D eigenvalue weighted by molar-refractivity contribution is 0.0827.